The van der Waals surface area contributed by atoms with E-state index in [1.165, 1.54) is 35.2 Å². The summed E-state index contributed by atoms with van der Waals surface area (Å²) in [4.78, 5) is 0. The molecule has 4 rings (SSSR count). The predicted molar refractivity (Wildman–Crippen MR) is 117 cm³/mol. The Labute approximate surface area is 157 Å². The van der Waals surface area contributed by atoms with Gasteiger partial charge in [-0.15, -0.1) is 0 Å². The van der Waals surface area contributed by atoms with Crippen LogP contribution in [0.25, 0.3) is 0 Å². The van der Waals surface area contributed by atoms with E-state index in [9.17, 15) is 0 Å². The first-order valence-corrected chi connectivity index (χ1v) is 13.7. The van der Waals surface area contributed by atoms with Gasteiger partial charge in [0.25, 0.3) is 0 Å². The Bertz CT molecular complexity index is 711. The summed E-state index contributed by atoms with van der Waals surface area (Å²) in [5.41, 5.74) is 0.740. The van der Waals surface area contributed by atoms with E-state index < -0.39 is 4.25 Å². The molecule has 0 amide bonds. The third-order valence-electron chi connectivity index (χ3n) is 5.54. The molecule has 0 radical (unpaired) electrons. The second kappa shape index (κ2) is 6.28. The monoisotopic (exact) mass is 444 g/mol. The van der Waals surface area contributed by atoms with E-state index in [1.54, 1.807) is 0 Å². The van der Waals surface area contributed by atoms with Crippen LogP contribution >= 0.6 is 26.3 Å². The molecule has 24 heavy (non-hydrogen) atoms. The van der Waals surface area contributed by atoms with Crippen molar-refractivity contribution in [3.05, 3.63) is 91.0 Å². The topological polar surface area (TPSA) is 0 Å². The molecule has 0 unspecified atom stereocenters. The number of hydrogen-bond acceptors (Lipinski definition) is 0. The summed E-state index contributed by atoms with van der Waals surface area (Å²) in [5.74, 6) is 0. The van der Waals surface area contributed by atoms with Crippen molar-refractivity contribution in [1.29, 1.82) is 0 Å². The maximum absolute atomic E-state index is 2.91. The Morgan fingerprint density at radius 3 is 1.17 bits per heavy atom. The van der Waals surface area contributed by atoms with Crippen LogP contribution in [0.1, 0.15) is 19.3 Å². The third kappa shape index (κ3) is 2.21. The quantitative estimate of drug-likeness (QED) is 0.373. The summed E-state index contributed by atoms with van der Waals surface area (Å²) >= 11 is 2.91. The fourth-order valence-corrected chi connectivity index (χ4v) is 14.4. The number of rotatable bonds is 4. The van der Waals surface area contributed by atoms with Crippen molar-refractivity contribution in [3.63, 3.8) is 0 Å². The first-order valence-electron chi connectivity index (χ1n) is 8.65. The van der Waals surface area contributed by atoms with Gasteiger partial charge in [0.1, 0.15) is 0 Å². The molecular formula is C22H22IP. The van der Waals surface area contributed by atoms with Crippen molar-refractivity contribution >= 4 is 42.2 Å². The first-order chi connectivity index (χ1) is 11.7. The number of halogens is 1. The number of benzene rings is 3. The molecule has 0 spiro atoms. The molecule has 0 heterocycles. The van der Waals surface area contributed by atoms with Crippen LogP contribution in [0.2, 0.25) is 0 Å². The van der Waals surface area contributed by atoms with E-state index in [0.29, 0.717) is 0 Å². The van der Waals surface area contributed by atoms with E-state index in [4.69, 9.17) is 0 Å². The molecule has 3 aromatic carbocycles. The van der Waals surface area contributed by atoms with Crippen LogP contribution in [-0.2, 0) is 0 Å². The van der Waals surface area contributed by atoms with Crippen molar-refractivity contribution in [2.24, 2.45) is 0 Å². The molecule has 0 nitrogen and oxygen atoms in total. The van der Waals surface area contributed by atoms with Gasteiger partial charge in [0.2, 0.25) is 0 Å². The van der Waals surface area contributed by atoms with Crippen molar-refractivity contribution in [2.45, 2.75) is 24.9 Å². The second-order valence-electron chi connectivity index (χ2n) is 6.67. The average Bonchev–Trinajstić information content (AvgIpc) is 2.62. The molecule has 2 heteroatoms. The van der Waals surface area contributed by atoms with Crippen LogP contribution in [-0.4, -0.2) is 5.66 Å². The van der Waals surface area contributed by atoms with Crippen LogP contribution in [0, 0.1) is 0 Å². The maximum atomic E-state index is 2.91. The third-order valence-corrected chi connectivity index (χ3v) is 18.7. The molecule has 1 saturated carbocycles. The zero-order valence-corrected chi connectivity index (χ0v) is 16.7. The predicted octanol–water partition coefficient (Wildman–Crippen LogP) is 5.42. The van der Waals surface area contributed by atoms with Crippen molar-refractivity contribution in [3.8, 4) is 0 Å². The fourth-order valence-electron chi connectivity index (χ4n) is 4.11. The molecule has 1 aliphatic carbocycles. The second-order valence-corrected chi connectivity index (χ2v) is 17.1. The van der Waals surface area contributed by atoms with E-state index in [2.05, 4.69) is 113 Å². The van der Waals surface area contributed by atoms with Gasteiger partial charge < -0.3 is 0 Å². The molecule has 0 N–H and O–H groups in total. The van der Waals surface area contributed by atoms with Crippen molar-refractivity contribution in [2.75, 3.05) is 0 Å². The van der Waals surface area contributed by atoms with Crippen molar-refractivity contribution in [1.82, 2.24) is 0 Å². The van der Waals surface area contributed by atoms with Gasteiger partial charge in [0.05, 0.1) is 0 Å². The minimum absolute atomic E-state index is 0.740. The summed E-state index contributed by atoms with van der Waals surface area (Å²) in [6.45, 7) is 0. The first kappa shape index (κ1) is 16.3. The van der Waals surface area contributed by atoms with Gasteiger partial charge in [-0.1, -0.05) is 0 Å². The van der Waals surface area contributed by atoms with Gasteiger partial charge in [-0.25, -0.2) is 0 Å². The fraction of sp³-hybridized carbons (Fsp3) is 0.182. The average molecular weight is 444 g/mol. The van der Waals surface area contributed by atoms with Crippen LogP contribution < -0.4 is 15.9 Å². The zero-order valence-electron chi connectivity index (χ0n) is 13.7. The SMILES string of the molecule is IP(c1ccccc1)(c1ccccc1)(c1ccccc1)C1CCC1. The zero-order chi connectivity index (χ0) is 16.5. The van der Waals surface area contributed by atoms with Gasteiger partial charge in [-0.2, -0.15) is 0 Å². The summed E-state index contributed by atoms with van der Waals surface area (Å²) in [6, 6.07) is 33.8. The van der Waals surface area contributed by atoms with Crippen molar-refractivity contribution < 1.29 is 0 Å². The molecule has 0 atom stereocenters. The Morgan fingerprint density at radius 1 is 0.583 bits per heavy atom. The summed E-state index contributed by atoms with van der Waals surface area (Å²) in [7, 11) is 0. The summed E-state index contributed by atoms with van der Waals surface area (Å²) < 4.78 is -2.48. The molecule has 1 aliphatic rings. The van der Waals surface area contributed by atoms with Gasteiger partial charge in [0, 0.05) is 0 Å². The van der Waals surface area contributed by atoms with Crippen LogP contribution in [0.3, 0.4) is 0 Å². The summed E-state index contributed by atoms with van der Waals surface area (Å²) in [6.07, 6.45) is 4.02. The normalized spacial score (nSPS) is 16.8. The molecule has 1 fully saturated rings. The summed E-state index contributed by atoms with van der Waals surface area (Å²) in [5, 5.41) is 4.56. The van der Waals surface area contributed by atoms with Crippen LogP contribution in [0.5, 0.6) is 0 Å². The molecule has 3 aromatic rings. The minimum atomic E-state index is -2.48. The van der Waals surface area contributed by atoms with E-state index in [1.807, 2.05) is 0 Å². The molecule has 122 valence electrons. The van der Waals surface area contributed by atoms with Crippen LogP contribution in [0.15, 0.2) is 91.0 Å². The van der Waals surface area contributed by atoms with E-state index in [-0.39, 0.29) is 0 Å². The number of hydrogen-bond donors (Lipinski definition) is 0. The molecule has 0 aromatic heterocycles. The van der Waals surface area contributed by atoms with Gasteiger partial charge in [0.15, 0.2) is 0 Å². The standard InChI is InChI=1S/C22H22IP/c23-24(22-17-10-18-22,19-11-4-1-5-12-19,20-13-6-2-7-14-20)21-15-8-3-9-16-21/h1-9,11-16,22H,10,17-18H2. The Kier molecular flexibility index (Phi) is 4.26. The molecule has 0 aliphatic heterocycles. The Morgan fingerprint density at radius 2 is 0.917 bits per heavy atom. The van der Waals surface area contributed by atoms with E-state index >= 15 is 0 Å². The Balaban J connectivity index is 2.12. The molecule has 0 saturated heterocycles. The van der Waals surface area contributed by atoms with Crippen LogP contribution in [0.4, 0.5) is 0 Å². The van der Waals surface area contributed by atoms with Gasteiger partial charge >= 0.3 is 158 Å². The Hall–Kier alpha value is -1.18. The molecular weight excluding hydrogens is 422 g/mol. The van der Waals surface area contributed by atoms with Gasteiger partial charge in [-0.3, -0.25) is 0 Å². The van der Waals surface area contributed by atoms with Gasteiger partial charge in [-0.05, 0) is 0 Å². The van der Waals surface area contributed by atoms with E-state index in [0.717, 1.165) is 5.66 Å². The molecule has 0 bridgehead atoms.